The topological polar surface area (TPSA) is 76.5 Å². The lowest BCUT2D eigenvalue weighted by Gasteiger charge is -2.12. The zero-order valence-corrected chi connectivity index (χ0v) is 18.7. The summed E-state index contributed by atoms with van der Waals surface area (Å²) in [5, 5.41) is 2.95. The van der Waals surface area contributed by atoms with E-state index in [9.17, 15) is 9.59 Å². The minimum absolute atomic E-state index is 0.0529. The van der Waals surface area contributed by atoms with Crippen LogP contribution in [0.2, 0.25) is 0 Å². The summed E-state index contributed by atoms with van der Waals surface area (Å²) >= 11 is 0. The lowest BCUT2D eigenvalue weighted by Crippen LogP contribution is -2.28. The fraction of sp³-hybridized carbons (Fsp3) is 0.192. The molecule has 0 atom stereocenters. The van der Waals surface area contributed by atoms with Gasteiger partial charge in [0.25, 0.3) is 5.91 Å². The molecule has 7 nitrogen and oxygen atoms in total. The molecule has 0 bridgehead atoms. The highest BCUT2D eigenvalue weighted by Crippen LogP contribution is 2.18. The molecule has 1 N–H and O–H groups in total. The Kier molecular flexibility index (Phi) is 6.69. The summed E-state index contributed by atoms with van der Waals surface area (Å²) in [5.41, 5.74) is 3.23. The smallest absolute Gasteiger partial charge is 0.253 e. The van der Waals surface area contributed by atoms with Gasteiger partial charge in [-0.2, -0.15) is 0 Å². The van der Waals surface area contributed by atoms with Gasteiger partial charge in [0, 0.05) is 26.2 Å². The summed E-state index contributed by atoms with van der Waals surface area (Å²) in [7, 11) is 3.44. The Hall–Kier alpha value is -4.13. The van der Waals surface area contributed by atoms with Crippen molar-refractivity contribution in [3.05, 3.63) is 95.8 Å². The number of aromatic nitrogens is 2. The van der Waals surface area contributed by atoms with Crippen LogP contribution < -0.4 is 10.1 Å². The summed E-state index contributed by atoms with van der Waals surface area (Å²) in [6, 6.07) is 24.5. The number of carbonyl (C=O) groups excluding carboxylic acids is 2. The number of imidazole rings is 1. The van der Waals surface area contributed by atoms with Gasteiger partial charge in [0.2, 0.25) is 5.91 Å². The number of hydrogen-bond acceptors (Lipinski definition) is 4. The minimum Gasteiger partial charge on any atom is -0.486 e. The van der Waals surface area contributed by atoms with Crippen LogP contribution in [0.3, 0.4) is 0 Å². The van der Waals surface area contributed by atoms with E-state index in [0.717, 1.165) is 22.3 Å². The predicted molar refractivity (Wildman–Crippen MR) is 127 cm³/mol. The number of nitrogens with zero attached hydrogens (tertiary/aromatic N) is 3. The molecule has 0 aliphatic rings. The lowest BCUT2D eigenvalue weighted by atomic mass is 10.1. The molecule has 0 radical (unpaired) electrons. The number of para-hydroxylation sites is 3. The second-order valence-corrected chi connectivity index (χ2v) is 7.88. The van der Waals surface area contributed by atoms with Crippen molar-refractivity contribution in [1.82, 2.24) is 19.8 Å². The number of benzene rings is 3. The van der Waals surface area contributed by atoms with Crippen molar-refractivity contribution in [2.45, 2.75) is 19.7 Å². The molecule has 1 aromatic heterocycles. The van der Waals surface area contributed by atoms with E-state index >= 15 is 0 Å². The van der Waals surface area contributed by atoms with E-state index in [2.05, 4.69) is 10.3 Å². The Morgan fingerprint density at radius 2 is 1.64 bits per heavy atom. The normalized spacial score (nSPS) is 10.7. The molecule has 7 heteroatoms. The lowest BCUT2D eigenvalue weighted by molar-refractivity contribution is -0.121. The molecular weight excluding hydrogens is 416 g/mol. The second-order valence-electron chi connectivity index (χ2n) is 7.88. The van der Waals surface area contributed by atoms with Crippen LogP contribution in [0.25, 0.3) is 11.0 Å². The van der Waals surface area contributed by atoms with Crippen molar-refractivity contribution in [2.24, 2.45) is 0 Å². The first-order valence-corrected chi connectivity index (χ1v) is 10.7. The molecule has 168 valence electrons. The maximum Gasteiger partial charge on any atom is 0.253 e. The molecule has 0 spiro atoms. The number of nitrogens with one attached hydrogen (secondary N) is 1. The molecule has 33 heavy (non-hydrogen) atoms. The van der Waals surface area contributed by atoms with E-state index in [0.29, 0.717) is 17.9 Å². The van der Waals surface area contributed by atoms with Crippen molar-refractivity contribution in [2.75, 3.05) is 14.1 Å². The summed E-state index contributed by atoms with van der Waals surface area (Å²) in [6.45, 7) is 0.760. The van der Waals surface area contributed by atoms with Gasteiger partial charge >= 0.3 is 0 Å². The molecule has 0 unspecified atom stereocenters. The summed E-state index contributed by atoms with van der Waals surface area (Å²) in [4.78, 5) is 31.0. The maximum atomic E-state index is 12.8. The SMILES string of the molecule is CN(C)C(=O)c1ccc(CNC(=O)Cn2c(COc3ccccc3)nc3ccccc32)cc1. The van der Waals surface area contributed by atoms with Gasteiger partial charge in [-0.1, -0.05) is 42.5 Å². The van der Waals surface area contributed by atoms with E-state index in [1.54, 1.807) is 26.2 Å². The predicted octanol–water partition coefficient (Wildman–Crippen LogP) is 3.63. The second kappa shape index (κ2) is 9.99. The van der Waals surface area contributed by atoms with Crippen molar-refractivity contribution in [1.29, 1.82) is 0 Å². The van der Waals surface area contributed by atoms with Crippen LogP contribution >= 0.6 is 0 Å². The first kappa shape index (κ1) is 22.1. The molecular formula is C26H26N4O3. The largest absolute Gasteiger partial charge is 0.486 e. The Labute approximate surface area is 192 Å². The van der Waals surface area contributed by atoms with E-state index < -0.39 is 0 Å². The van der Waals surface area contributed by atoms with Crippen LogP contribution in [-0.2, 0) is 24.5 Å². The van der Waals surface area contributed by atoms with Crippen LogP contribution in [0, 0.1) is 0 Å². The highest BCUT2D eigenvalue weighted by molar-refractivity contribution is 5.93. The minimum atomic E-state index is -0.132. The van der Waals surface area contributed by atoms with Crippen molar-refractivity contribution in [3.63, 3.8) is 0 Å². The number of amides is 2. The number of ether oxygens (including phenoxy) is 1. The van der Waals surface area contributed by atoms with E-state index in [4.69, 9.17) is 4.74 Å². The van der Waals surface area contributed by atoms with Crippen LogP contribution in [0.5, 0.6) is 5.75 Å². The van der Waals surface area contributed by atoms with Crippen molar-refractivity contribution < 1.29 is 14.3 Å². The fourth-order valence-corrected chi connectivity index (χ4v) is 3.50. The summed E-state index contributed by atoms with van der Waals surface area (Å²) in [6.07, 6.45) is 0. The number of rotatable bonds is 8. The van der Waals surface area contributed by atoms with Gasteiger partial charge in [-0.05, 0) is 42.0 Å². The third-order valence-electron chi connectivity index (χ3n) is 5.24. The van der Waals surface area contributed by atoms with Gasteiger partial charge < -0.3 is 19.5 Å². The third-order valence-corrected chi connectivity index (χ3v) is 5.24. The highest BCUT2D eigenvalue weighted by Gasteiger charge is 2.14. The molecule has 1 heterocycles. The Bertz CT molecular complexity index is 1250. The molecule has 0 aliphatic carbocycles. The molecule has 4 rings (SSSR count). The maximum absolute atomic E-state index is 12.8. The zero-order chi connectivity index (χ0) is 23.2. The van der Waals surface area contributed by atoms with Gasteiger partial charge in [-0.3, -0.25) is 9.59 Å². The average molecular weight is 443 g/mol. The number of fused-ring (bicyclic) bond motifs is 1. The van der Waals surface area contributed by atoms with E-state index in [1.165, 1.54) is 4.90 Å². The van der Waals surface area contributed by atoms with Crippen molar-refractivity contribution >= 4 is 22.8 Å². The summed E-state index contributed by atoms with van der Waals surface area (Å²) in [5.74, 6) is 1.24. The van der Waals surface area contributed by atoms with Gasteiger partial charge in [-0.25, -0.2) is 4.98 Å². The highest BCUT2D eigenvalue weighted by atomic mass is 16.5. The molecule has 0 aliphatic heterocycles. The quantitative estimate of drug-likeness (QED) is 0.452. The molecule has 0 fully saturated rings. The van der Waals surface area contributed by atoms with Gasteiger partial charge in [0.15, 0.2) is 0 Å². The van der Waals surface area contributed by atoms with E-state index in [1.807, 2.05) is 71.3 Å². The average Bonchev–Trinajstić information content (AvgIpc) is 3.19. The number of hydrogen-bond donors (Lipinski definition) is 1. The van der Waals surface area contributed by atoms with Crippen LogP contribution in [-0.4, -0.2) is 40.4 Å². The Balaban J connectivity index is 1.43. The zero-order valence-electron chi connectivity index (χ0n) is 18.7. The Morgan fingerprint density at radius 3 is 2.36 bits per heavy atom. The fourth-order valence-electron chi connectivity index (χ4n) is 3.50. The third kappa shape index (κ3) is 5.38. The summed E-state index contributed by atoms with van der Waals surface area (Å²) < 4.78 is 7.76. The number of carbonyl (C=O) groups is 2. The molecule has 0 saturated carbocycles. The van der Waals surface area contributed by atoms with Crippen molar-refractivity contribution in [3.8, 4) is 5.75 Å². The van der Waals surface area contributed by atoms with Gasteiger partial charge in [0.05, 0.1) is 11.0 Å². The standard InChI is InChI=1S/C26H26N4O3/c1-29(2)26(32)20-14-12-19(13-15-20)16-27-25(31)17-30-23-11-7-6-10-22(23)28-24(30)18-33-21-8-4-3-5-9-21/h3-15H,16-18H2,1-2H3,(H,27,31). The van der Waals surface area contributed by atoms with Gasteiger partial charge in [0.1, 0.15) is 24.7 Å². The van der Waals surface area contributed by atoms with Crippen LogP contribution in [0.4, 0.5) is 0 Å². The first-order valence-electron chi connectivity index (χ1n) is 10.7. The molecule has 3 aromatic carbocycles. The molecule has 0 saturated heterocycles. The molecule has 4 aromatic rings. The van der Waals surface area contributed by atoms with Gasteiger partial charge in [-0.15, -0.1) is 0 Å². The van der Waals surface area contributed by atoms with Crippen LogP contribution in [0.15, 0.2) is 78.9 Å². The van der Waals surface area contributed by atoms with E-state index in [-0.39, 0.29) is 25.0 Å². The monoisotopic (exact) mass is 442 g/mol. The first-order chi connectivity index (χ1) is 16.0. The van der Waals surface area contributed by atoms with Crippen LogP contribution in [0.1, 0.15) is 21.7 Å². The Morgan fingerprint density at radius 1 is 0.939 bits per heavy atom. The molecule has 2 amide bonds.